The minimum absolute atomic E-state index is 0.187. The van der Waals surface area contributed by atoms with Crippen LogP contribution in [0.4, 0.5) is 4.39 Å². The summed E-state index contributed by atoms with van der Waals surface area (Å²) in [4.78, 5) is 17.5. The van der Waals surface area contributed by atoms with Crippen molar-refractivity contribution in [3.05, 3.63) is 65.1 Å². The van der Waals surface area contributed by atoms with Gasteiger partial charge in [-0.3, -0.25) is 4.79 Å². The lowest BCUT2D eigenvalue weighted by atomic mass is 9.69. The van der Waals surface area contributed by atoms with Crippen LogP contribution in [-0.2, 0) is 12.5 Å². The molecule has 162 valence electrons. The number of hydrogen-bond acceptors (Lipinski definition) is 4. The highest BCUT2D eigenvalue weighted by atomic mass is 19.1. The third-order valence-corrected chi connectivity index (χ3v) is 6.82. The molecule has 1 amide bonds. The van der Waals surface area contributed by atoms with Gasteiger partial charge in [-0.1, -0.05) is 0 Å². The normalized spacial score (nSPS) is 20.0. The van der Waals surface area contributed by atoms with Crippen LogP contribution in [0.5, 0.6) is 5.75 Å². The Morgan fingerprint density at radius 1 is 1.16 bits per heavy atom. The van der Waals surface area contributed by atoms with Crippen molar-refractivity contribution in [1.82, 2.24) is 14.4 Å². The smallest absolute Gasteiger partial charge is 0.254 e. The second kappa shape index (κ2) is 7.07. The van der Waals surface area contributed by atoms with Crippen LogP contribution in [-0.4, -0.2) is 65.8 Å². The molecular weight excluding hydrogens is 397 g/mol. The van der Waals surface area contributed by atoms with Crippen LogP contribution in [0.3, 0.4) is 0 Å². The summed E-state index contributed by atoms with van der Waals surface area (Å²) in [6.45, 7) is 1.98. The number of hydrogen-bond donors (Lipinski definition) is 1. The standard InChI is InChI=1S/C24H26FN3O3/c1-26-12-24(13-26)14-28(23(30)15-4-6-16(25)7-5-15)20(11-29)22-21(24)18-9-8-17(31-3)10-19(18)27(22)2/h4-10,20,29H,11-14H2,1-3H3/t20-/m1/s1. The van der Waals surface area contributed by atoms with Crippen molar-refractivity contribution < 1.29 is 19.0 Å². The summed E-state index contributed by atoms with van der Waals surface area (Å²) in [7, 11) is 5.70. The molecule has 1 atom stereocenters. The molecule has 0 aliphatic carbocycles. The topological polar surface area (TPSA) is 57.9 Å². The second-order valence-electron chi connectivity index (χ2n) is 8.79. The van der Waals surface area contributed by atoms with Crippen molar-refractivity contribution in [1.29, 1.82) is 0 Å². The molecule has 3 aromatic rings. The van der Waals surface area contributed by atoms with E-state index in [0.717, 1.165) is 35.4 Å². The Hall–Kier alpha value is -2.90. The van der Waals surface area contributed by atoms with Crippen LogP contribution in [0.1, 0.15) is 27.7 Å². The maximum atomic E-state index is 13.5. The molecule has 2 aromatic carbocycles. The highest BCUT2D eigenvalue weighted by molar-refractivity contribution is 5.96. The number of aliphatic hydroxyl groups is 1. The number of fused-ring (bicyclic) bond motifs is 4. The molecule has 1 fully saturated rings. The zero-order valence-corrected chi connectivity index (χ0v) is 17.9. The molecule has 7 heteroatoms. The largest absolute Gasteiger partial charge is 0.497 e. The van der Waals surface area contributed by atoms with Crippen LogP contribution < -0.4 is 4.74 Å². The van der Waals surface area contributed by atoms with E-state index in [2.05, 4.69) is 22.6 Å². The molecular formula is C24H26FN3O3. The maximum Gasteiger partial charge on any atom is 0.254 e. The van der Waals surface area contributed by atoms with Crippen LogP contribution >= 0.6 is 0 Å². The summed E-state index contributed by atoms with van der Waals surface area (Å²) in [5, 5.41) is 11.5. The number of halogens is 1. The summed E-state index contributed by atoms with van der Waals surface area (Å²) < 4.78 is 20.9. The van der Waals surface area contributed by atoms with Crippen LogP contribution in [0.15, 0.2) is 42.5 Å². The lowest BCUT2D eigenvalue weighted by Gasteiger charge is -2.55. The van der Waals surface area contributed by atoms with Gasteiger partial charge in [0.2, 0.25) is 0 Å². The predicted octanol–water partition coefficient (Wildman–Crippen LogP) is 2.70. The average Bonchev–Trinajstić information content (AvgIpc) is 3.05. The summed E-state index contributed by atoms with van der Waals surface area (Å²) in [6.07, 6.45) is 0. The highest BCUT2D eigenvalue weighted by Gasteiger charge is 2.53. The first-order valence-corrected chi connectivity index (χ1v) is 10.4. The Morgan fingerprint density at radius 2 is 1.87 bits per heavy atom. The molecule has 6 nitrogen and oxygen atoms in total. The van der Waals surface area contributed by atoms with E-state index in [1.54, 1.807) is 12.0 Å². The molecule has 1 saturated heterocycles. The fraction of sp³-hybridized carbons (Fsp3) is 0.375. The molecule has 5 rings (SSSR count). The Morgan fingerprint density at radius 3 is 2.48 bits per heavy atom. The van der Waals surface area contributed by atoms with Gasteiger partial charge < -0.3 is 24.2 Å². The predicted molar refractivity (Wildman–Crippen MR) is 116 cm³/mol. The third kappa shape index (κ3) is 2.87. The molecule has 2 aliphatic rings. The van der Waals surface area contributed by atoms with Gasteiger partial charge in [-0.15, -0.1) is 0 Å². The van der Waals surface area contributed by atoms with Crippen molar-refractivity contribution in [2.45, 2.75) is 11.5 Å². The fourth-order valence-electron chi connectivity index (χ4n) is 5.58. The monoisotopic (exact) mass is 423 g/mol. The number of rotatable bonds is 3. The molecule has 0 radical (unpaired) electrons. The van der Waals surface area contributed by atoms with Crippen molar-refractivity contribution in [3.63, 3.8) is 0 Å². The fourth-order valence-corrected chi connectivity index (χ4v) is 5.58. The lowest BCUT2D eigenvalue weighted by molar-refractivity contribution is 0.00869. The Labute approximate surface area is 180 Å². The van der Waals surface area contributed by atoms with E-state index in [-0.39, 0.29) is 23.7 Å². The minimum atomic E-state index is -0.479. The summed E-state index contributed by atoms with van der Waals surface area (Å²) in [5.74, 6) is 0.197. The van der Waals surface area contributed by atoms with E-state index < -0.39 is 6.04 Å². The van der Waals surface area contributed by atoms with E-state index in [1.807, 2.05) is 19.2 Å². The van der Waals surface area contributed by atoms with Gasteiger partial charge in [-0.25, -0.2) is 4.39 Å². The first kappa shape index (κ1) is 20.0. The first-order valence-electron chi connectivity index (χ1n) is 10.4. The summed E-state index contributed by atoms with van der Waals surface area (Å²) in [6, 6.07) is 11.2. The number of likely N-dealkylation sites (tertiary alicyclic amines) is 1. The van der Waals surface area contributed by atoms with Crippen molar-refractivity contribution in [2.75, 3.05) is 40.4 Å². The number of amides is 1. The van der Waals surface area contributed by atoms with Gasteiger partial charge in [-0.05, 0) is 49.0 Å². The summed E-state index contributed by atoms with van der Waals surface area (Å²) >= 11 is 0. The number of ether oxygens (including phenoxy) is 1. The molecule has 1 N–H and O–H groups in total. The summed E-state index contributed by atoms with van der Waals surface area (Å²) in [5.41, 5.74) is 3.41. The average molecular weight is 423 g/mol. The minimum Gasteiger partial charge on any atom is -0.497 e. The number of methoxy groups -OCH3 is 1. The number of carbonyl (C=O) groups is 1. The van der Waals surface area contributed by atoms with Gasteiger partial charge in [0.25, 0.3) is 5.91 Å². The van der Waals surface area contributed by atoms with Gasteiger partial charge in [0.1, 0.15) is 11.6 Å². The number of aryl methyl sites for hydroxylation is 1. The first-order chi connectivity index (χ1) is 14.9. The van der Waals surface area contributed by atoms with Gasteiger partial charge in [0, 0.05) is 54.8 Å². The molecule has 0 bridgehead atoms. The van der Waals surface area contributed by atoms with Gasteiger partial charge in [0.05, 0.1) is 25.3 Å². The SMILES string of the molecule is COc1ccc2c3c(n(C)c2c1)[C@@H](CO)N(C(=O)c1ccc(F)cc1)CC31CN(C)C1. The van der Waals surface area contributed by atoms with E-state index in [1.165, 1.54) is 29.8 Å². The Bertz CT molecular complexity index is 1170. The molecule has 31 heavy (non-hydrogen) atoms. The maximum absolute atomic E-state index is 13.5. The quantitative estimate of drug-likeness (QED) is 0.704. The van der Waals surface area contributed by atoms with Gasteiger partial charge >= 0.3 is 0 Å². The van der Waals surface area contributed by atoms with Crippen molar-refractivity contribution in [3.8, 4) is 5.75 Å². The Balaban J connectivity index is 1.69. The Kier molecular flexibility index (Phi) is 4.57. The van der Waals surface area contributed by atoms with Crippen LogP contribution in [0.2, 0.25) is 0 Å². The molecule has 2 aliphatic heterocycles. The zero-order chi connectivity index (χ0) is 21.9. The van der Waals surface area contributed by atoms with Crippen molar-refractivity contribution >= 4 is 16.8 Å². The molecule has 1 aromatic heterocycles. The second-order valence-corrected chi connectivity index (χ2v) is 8.79. The lowest BCUT2D eigenvalue weighted by Crippen LogP contribution is -2.66. The van der Waals surface area contributed by atoms with E-state index >= 15 is 0 Å². The van der Waals surface area contributed by atoms with Crippen LogP contribution in [0, 0.1) is 5.82 Å². The number of aliphatic hydroxyl groups excluding tert-OH is 1. The highest BCUT2D eigenvalue weighted by Crippen LogP contribution is 2.49. The molecule has 0 unspecified atom stereocenters. The number of aromatic nitrogens is 1. The number of carbonyl (C=O) groups excluding carboxylic acids is 1. The van der Waals surface area contributed by atoms with E-state index in [9.17, 15) is 14.3 Å². The van der Waals surface area contributed by atoms with E-state index in [4.69, 9.17) is 4.74 Å². The number of nitrogens with zero attached hydrogens (tertiary/aromatic N) is 3. The molecule has 1 spiro atoms. The van der Waals surface area contributed by atoms with Crippen LogP contribution in [0.25, 0.3) is 10.9 Å². The zero-order valence-electron chi connectivity index (χ0n) is 17.9. The van der Waals surface area contributed by atoms with Crippen molar-refractivity contribution in [2.24, 2.45) is 7.05 Å². The van der Waals surface area contributed by atoms with Gasteiger partial charge in [0.15, 0.2) is 0 Å². The van der Waals surface area contributed by atoms with Gasteiger partial charge in [-0.2, -0.15) is 0 Å². The molecule has 3 heterocycles. The number of likely N-dealkylation sites (N-methyl/N-ethyl adjacent to an activating group) is 1. The third-order valence-electron chi connectivity index (χ3n) is 6.82. The molecule has 0 saturated carbocycles. The van der Waals surface area contributed by atoms with E-state index in [0.29, 0.717) is 12.1 Å². The number of benzene rings is 2.